The molecule has 0 aromatic carbocycles. The SMILES string of the molecule is CCN1CCN(C(=O)NCO)C(C)C1. The van der Waals surface area contributed by atoms with Crippen LogP contribution in [-0.4, -0.2) is 59.9 Å². The third-order valence-corrected chi connectivity index (χ3v) is 2.65. The molecule has 0 spiro atoms. The van der Waals surface area contributed by atoms with E-state index < -0.39 is 0 Å². The zero-order valence-corrected chi connectivity index (χ0v) is 8.86. The molecule has 1 aliphatic rings. The highest BCUT2D eigenvalue weighted by molar-refractivity contribution is 5.74. The Hall–Kier alpha value is -0.810. The van der Waals surface area contributed by atoms with Gasteiger partial charge in [0.1, 0.15) is 6.73 Å². The molecule has 0 saturated carbocycles. The minimum atomic E-state index is -0.292. The monoisotopic (exact) mass is 201 g/mol. The Morgan fingerprint density at radius 3 is 2.79 bits per heavy atom. The Kier molecular flexibility index (Phi) is 4.16. The number of piperazine rings is 1. The van der Waals surface area contributed by atoms with Crippen LogP contribution in [0.1, 0.15) is 13.8 Å². The van der Waals surface area contributed by atoms with E-state index in [-0.39, 0.29) is 18.8 Å². The molecule has 2 amide bonds. The number of urea groups is 1. The van der Waals surface area contributed by atoms with Crippen LogP contribution in [0, 0.1) is 0 Å². The Morgan fingerprint density at radius 2 is 2.29 bits per heavy atom. The number of carbonyl (C=O) groups excluding carboxylic acids is 1. The van der Waals surface area contributed by atoms with E-state index in [2.05, 4.69) is 17.1 Å². The van der Waals surface area contributed by atoms with Crippen molar-refractivity contribution in [2.75, 3.05) is 32.9 Å². The summed E-state index contributed by atoms with van der Waals surface area (Å²) < 4.78 is 0. The van der Waals surface area contributed by atoms with Crippen LogP contribution in [0.3, 0.4) is 0 Å². The van der Waals surface area contributed by atoms with Gasteiger partial charge in [-0.3, -0.25) is 4.90 Å². The van der Waals surface area contributed by atoms with E-state index in [1.165, 1.54) is 0 Å². The fourth-order valence-corrected chi connectivity index (χ4v) is 1.79. The maximum absolute atomic E-state index is 11.4. The van der Waals surface area contributed by atoms with Gasteiger partial charge in [-0.15, -0.1) is 0 Å². The highest BCUT2D eigenvalue weighted by atomic mass is 16.3. The molecule has 0 aromatic rings. The summed E-state index contributed by atoms with van der Waals surface area (Å²) in [6.07, 6.45) is 0. The lowest BCUT2D eigenvalue weighted by Crippen LogP contribution is -2.56. The number of likely N-dealkylation sites (N-methyl/N-ethyl adjacent to an activating group) is 1. The van der Waals surface area contributed by atoms with Crippen LogP contribution in [0.4, 0.5) is 4.79 Å². The molecule has 0 radical (unpaired) electrons. The molecular formula is C9H19N3O2. The fraction of sp³-hybridized carbons (Fsp3) is 0.889. The minimum Gasteiger partial charge on any atom is -0.376 e. The number of carbonyl (C=O) groups is 1. The van der Waals surface area contributed by atoms with Gasteiger partial charge in [0, 0.05) is 25.7 Å². The topological polar surface area (TPSA) is 55.8 Å². The van der Waals surface area contributed by atoms with E-state index in [0.717, 1.165) is 26.2 Å². The van der Waals surface area contributed by atoms with Crippen molar-refractivity contribution in [1.29, 1.82) is 0 Å². The van der Waals surface area contributed by atoms with Crippen molar-refractivity contribution in [3.63, 3.8) is 0 Å². The Balaban J connectivity index is 2.45. The first-order chi connectivity index (χ1) is 6.69. The lowest BCUT2D eigenvalue weighted by atomic mass is 10.2. The van der Waals surface area contributed by atoms with E-state index in [1.54, 1.807) is 4.90 Å². The molecule has 1 saturated heterocycles. The van der Waals surface area contributed by atoms with Gasteiger partial charge in [0.2, 0.25) is 0 Å². The lowest BCUT2D eigenvalue weighted by Gasteiger charge is -2.39. The summed E-state index contributed by atoms with van der Waals surface area (Å²) in [4.78, 5) is 15.5. The van der Waals surface area contributed by atoms with Crippen LogP contribution in [-0.2, 0) is 0 Å². The number of hydrogen-bond donors (Lipinski definition) is 2. The standard InChI is InChI=1S/C9H19N3O2/c1-3-11-4-5-12(8(2)6-11)9(14)10-7-13/h8,13H,3-7H2,1-2H3,(H,10,14). The van der Waals surface area contributed by atoms with Gasteiger partial charge >= 0.3 is 6.03 Å². The van der Waals surface area contributed by atoms with E-state index in [0.29, 0.717) is 0 Å². The van der Waals surface area contributed by atoms with E-state index in [9.17, 15) is 4.79 Å². The fourth-order valence-electron chi connectivity index (χ4n) is 1.79. The number of aliphatic hydroxyl groups is 1. The van der Waals surface area contributed by atoms with E-state index >= 15 is 0 Å². The number of nitrogens with one attached hydrogen (secondary N) is 1. The zero-order valence-electron chi connectivity index (χ0n) is 8.86. The molecule has 1 fully saturated rings. The second-order valence-electron chi connectivity index (χ2n) is 3.58. The first-order valence-electron chi connectivity index (χ1n) is 5.06. The molecule has 1 aliphatic heterocycles. The number of rotatable bonds is 2. The number of aliphatic hydroxyl groups excluding tert-OH is 1. The van der Waals surface area contributed by atoms with Crippen LogP contribution in [0.25, 0.3) is 0 Å². The van der Waals surface area contributed by atoms with Gasteiger partial charge in [-0.05, 0) is 13.5 Å². The number of hydrogen-bond acceptors (Lipinski definition) is 3. The average molecular weight is 201 g/mol. The first kappa shape index (κ1) is 11.3. The van der Waals surface area contributed by atoms with Crippen molar-refractivity contribution in [2.45, 2.75) is 19.9 Å². The zero-order chi connectivity index (χ0) is 10.6. The molecule has 0 aliphatic carbocycles. The summed E-state index contributed by atoms with van der Waals surface area (Å²) in [6.45, 7) is 7.45. The molecular weight excluding hydrogens is 182 g/mol. The van der Waals surface area contributed by atoms with Crippen molar-refractivity contribution < 1.29 is 9.90 Å². The molecule has 0 aromatic heterocycles. The predicted octanol–water partition coefficient (Wildman–Crippen LogP) is -0.328. The van der Waals surface area contributed by atoms with Crippen LogP contribution in [0.5, 0.6) is 0 Å². The average Bonchev–Trinajstić information content (AvgIpc) is 2.17. The highest BCUT2D eigenvalue weighted by Crippen LogP contribution is 2.08. The molecule has 82 valence electrons. The molecule has 0 bridgehead atoms. The molecule has 2 N–H and O–H groups in total. The second kappa shape index (κ2) is 5.17. The van der Waals surface area contributed by atoms with Crippen molar-refractivity contribution in [2.24, 2.45) is 0 Å². The Morgan fingerprint density at radius 1 is 1.57 bits per heavy atom. The van der Waals surface area contributed by atoms with Crippen molar-refractivity contribution in [3.05, 3.63) is 0 Å². The Bertz CT molecular complexity index is 198. The van der Waals surface area contributed by atoms with E-state index in [1.807, 2.05) is 6.92 Å². The summed E-state index contributed by atoms with van der Waals surface area (Å²) in [5.74, 6) is 0. The summed E-state index contributed by atoms with van der Waals surface area (Å²) in [5, 5.41) is 11.0. The van der Waals surface area contributed by atoms with Gasteiger partial charge in [0.05, 0.1) is 0 Å². The third-order valence-electron chi connectivity index (χ3n) is 2.65. The largest absolute Gasteiger partial charge is 0.376 e. The number of nitrogens with zero attached hydrogens (tertiary/aromatic N) is 2. The highest BCUT2D eigenvalue weighted by Gasteiger charge is 2.25. The van der Waals surface area contributed by atoms with Gasteiger partial charge in [-0.2, -0.15) is 0 Å². The second-order valence-corrected chi connectivity index (χ2v) is 3.58. The minimum absolute atomic E-state index is 0.171. The molecule has 5 heteroatoms. The lowest BCUT2D eigenvalue weighted by molar-refractivity contribution is 0.100. The smallest absolute Gasteiger partial charge is 0.319 e. The third kappa shape index (κ3) is 2.59. The van der Waals surface area contributed by atoms with Crippen LogP contribution < -0.4 is 5.32 Å². The van der Waals surface area contributed by atoms with Gasteiger partial charge in [-0.25, -0.2) is 4.79 Å². The van der Waals surface area contributed by atoms with Gasteiger partial charge in [0.25, 0.3) is 0 Å². The van der Waals surface area contributed by atoms with Crippen LogP contribution in [0.2, 0.25) is 0 Å². The molecule has 14 heavy (non-hydrogen) atoms. The van der Waals surface area contributed by atoms with Crippen molar-refractivity contribution >= 4 is 6.03 Å². The van der Waals surface area contributed by atoms with Gasteiger partial charge in [0.15, 0.2) is 0 Å². The molecule has 1 rings (SSSR count). The Labute approximate surface area is 84.7 Å². The molecule has 1 unspecified atom stereocenters. The summed E-state index contributed by atoms with van der Waals surface area (Å²) in [6, 6.07) is 0.0472. The number of amides is 2. The van der Waals surface area contributed by atoms with Crippen molar-refractivity contribution in [1.82, 2.24) is 15.1 Å². The van der Waals surface area contributed by atoms with Gasteiger partial charge in [-0.1, -0.05) is 6.92 Å². The predicted molar refractivity (Wildman–Crippen MR) is 53.9 cm³/mol. The molecule has 1 heterocycles. The van der Waals surface area contributed by atoms with Gasteiger partial charge < -0.3 is 15.3 Å². The maximum atomic E-state index is 11.4. The summed E-state index contributed by atoms with van der Waals surface area (Å²) >= 11 is 0. The van der Waals surface area contributed by atoms with Crippen LogP contribution in [0.15, 0.2) is 0 Å². The van der Waals surface area contributed by atoms with Crippen LogP contribution >= 0.6 is 0 Å². The normalized spacial score (nSPS) is 23.6. The summed E-state index contributed by atoms with van der Waals surface area (Å²) in [5.41, 5.74) is 0. The maximum Gasteiger partial charge on any atom is 0.319 e. The molecule has 1 atom stereocenters. The van der Waals surface area contributed by atoms with Crippen molar-refractivity contribution in [3.8, 4) is 0 Å². The summed E-state index contributed by atoms with van der Waals surface area (Å²) in [7, 11) is 0. The van der Waals surface area contributed by atoms with E-state index in [4.69, 9.17) is 5.11 Å². The molecule has 5 nitrogen and oxygen atoms in total. The quantitative estimate of drug-likeness (QED) is 0.602. The first-order valence-corrected chi connectivity index (χ1v) is 5.06.